The zero-order chi connectivity index (χ0) is 24.5. The molecule has 1 atom stereocenters. The number of nitrogens with one attached hydrogen (secondary N) is 2. The van der Waals surface area contributed by atoms with E-state index < -0.39 is 11.7 Å². The van der Waals surface area contributed by atoms with Crippen LogP contribution in [0.4, 0.5) is 10.1 Å². The summed E-state index contributed by atoms with van der Waals surface area (Å²) in [5.41, 5.74) is 3.56. The molecular weight excluding hydrogens is 449 g/mol. The highest BCUT2D eigenvalue weighted by molar-refractivity contribution is 5.92. The van der Waals surface area contributed by atoms with Gasteiger partial charge in [0.05, 0.1) is 41.4 Å². The molecule has 5 rings (SSSR count). The minimum Gasteiger partial charge on any atom is -0.364 e. The molecule has 10 heteroatoms. The number of aromatic amines is 1. The highest BCUT2D eigenvalue weighted by Crippen LogP contribution is 2.38. The van der Waals surface area contributed by atoms with Crippen molar-refractivity contribution < 1.29 is 9.18 Å². The Kier molecular flexibility index (Phi) is 6.17. The fourth-order valence-corrected chi connectivity index (χ4v) is 4.74. The van der Waals surface area contributed by atoms with Gasteiger partial charge in [-0.2, -0.15) is 5.26 Å². The number of rotatable bonds is 6. The van der Waals surface area contributed by atoms with Crippen LogP contribution in [-0.2, 0) is 6.54 Å². The lowest BCUT2D eigenvalue weighted by Gasteiger charge is -2.42. The van der Waals surface area contributed by atoms with E-state index in [9.17, 15) is 19.2 Å². The molecular formula is C25H26FN7O2. The Balaban J connectivity index is 1.31. The topological polar surface area (TPSA) is 118 Å². The first kappa shape index (κ1) is 22.9. The SMILES string of the molecule is CNC(=O)c1ncc(N2CCN(Cc3cnc4cc(C5CC5)c(=O)[nH]c4c3)C[C@H]2CC#N)cc1F. The van der Waals surface area contributed by atoms with Gasteiger partial charge in [-0.15, -0.1) is 0 Å². The van der Waals surface area contributed by atoms with E-state index in [1.165, 1.54) is 19.3 Å². The first-order chi connectivity index (χ1) is 17.0. The Morgan fingerprint density at radius 3 is 2.80 bits per heavy atom. The number of nitrogens with zero attached hydrogens (tertiary/aromatic N) is 5. The van der Waals surface area contributed by atoms with Gasteiger partial charge in [-0.05, 0) is 36.5 Å². The summed E-state index contributed by atoms with van der Waals surface area (Å²) in [4.78, 5) is 39.9. The van der Waals surface area contributed by atoms with Crippen molar-refractivity contribution in [2.45, 2.75) is 37.8 Å². The lowest BCUT2D eigenvalue weighted by Crippen LogP contribution is -2.53. The van der Waals surface area contributed by atoms with Crippen molar-refractivity contribution in [2.24, 2.45) is 0 Å². The summed E-state index contributed by atoms with van der Waals surface area (Å²) in [5.74, 6) is -0.913. The molecule has 0 aromatic carbocycles. The number of H-pyrrole nitrogens is 1. The van der Waals surface area contributed by atoms with Gasteiger partial charge in [-0.3, -0.25) is 19.5 Å². The normalized spacial score (nSPS) is 18.4. The van der Waals surface area contributed by atoms with Crippen LogP contribution in [0.5, 0.6) is 0 Å². The standard InChI is InChI=1S/C25H26FN7O2/c1-28-25(35)23-20(26)9-18(12-30-23)33-7-6-32(14-17(33)4-5-27)13-15-8-22-21(29-11-15)10-19(16-2-3-16)24(34)31-22/h8-12,16-17H,2-4,6-7,13-14H2,1H3,(H,28,35)(H,31,34)/t17-/m1/s1. The van der Waals surface area contributed by atoms with E-state index in [2.05, 4.69) is 31.2 Å². The maximum absolute atomic E-state index is 14.5. The summed E-state index contributed by atoms with van der Waals surface area (Å²) in [6.07, 6.45) is 5.70. The maximum Gasteiger partial charge on any atom is 0.272 e. The average Bonchev–Trinajstić information content (AvgIpc) is 3.69. The quantitative estimate of drug-likeness (QED) is 0.562. The van der Waals surface area contributed by atoms with Crippen molar-refractivity contribution in [3.8, 4) is 6.07 Å². The van der Waals surface area contributed by atoms with Gasteiger partial charge in [-0.25, -0.2) is 9.37 Å². The monoisotopic (exact) mass is 475 g/mol. The van der Waals surface area contributed by atoms with E-state index in [-0.39, 0.29) is 23.7 Å². The minimum atomic E-state index is -0.693. The van der Waals surface area contributed by atoms with Crippen molar-refractivity contribution in [1.82, 2.24) is 25.2 Å². The third-order valence-corrected chi connectivity index (χ3v) is 6.70. The molecule has 1 amide bonds. The Morgan fingerprint density at radius 1 is 1.26 bits per heavy atom. The number of aromatic nitrogens is 3. The fraction of sp³-hybridized carbons (Fsp3) is 0.400. The molecule has 35 heavy (non-hydrogen) atoms. The molecule has 2 N–H and O–H groups in total. The molecule has 1 aliphatic carbocycles. The van der Waals surface area contributed by atoms with E-state index in [1.54, 1.807) is 0 Å². The Bertz CT molecular complexity index is 1380. The van der Waals surface area contributed by atoms with Crippen LogP contribution in [0, 0.1) is 17.1 Å². The van der Waals surface area contributed by atoms with Gasteiger partial charge >= 0.3 is 0 Å². The number of halogens is 1. The first-order valence-corrected chi connectivity index (χ1v) is 11.7. The summed E-state index contributed by atoms with van der Waals surface area (Å²) in [7, 11) is 1.42. The number of hydrogen-bond donors (Lipinski definition) is 2. The van der Waals surface area contributed by atoms with E-state index in [0.29, 0.717) is 37.8 Å². The number of amides is 1. The van der Waals surface area contributed by atoms with E-state index in [0.717, 1.165) is 35.0 Å². The molecule has 0 bridgehead atoms. The first-order valence-electron chi connectivity index (χ1n) is 11.7. The molecule has 1 saturated carbocycles. The van der Waals surface area contributed by atoms with Gasteiger partial charge in [0.1, 0.15) is 0 Å². The summed E-state index contributed by atoms with van der Waals surface area (Å²) in [5, 5.41) is 11.8. The third kappa shape index (κ3) is 4.72. The molecule has 180 valence electrons. The van der Waals surface area contributed by atoms with E-state index in [1.807, 2.05) is 23.2 Å². The summed E-state index contributed by atoms with van der Waals surface area (Å²) in [6, 6.07) is 7.24. The summed E-state index contributed by atoms with van der Waals surface area (Å²) in [6.45, 7) is 2.49. The molecule has 1 saturated heterocycles. The predicted octanol–water partition coefficient (Wildman–Crippen LogP) is 2.30. The van der Waals surface area contributed by atoms with E-state index in [4.69, 9.17) is 0 Å². The largest absolute Gasteiger partial charge is 0.364 e. The third-order valence-electron chi connectivity index (χ3n) is 6.70. The molecule has 0 unspecified atom stereocenters. The molecule has 0 spiro atoms. The van der Waals surface area contributed by atoms with Crippen molar-refractivity contribution in [3.05, 3.63) is 63.6 Å². The van der Waals surface area contributed by atoms with Crippen LogP contribution in [0.2, 0.25) is 0 Å². The van der Waals surface area contributed by atoms with Crippen LogP contribution in [-0.4, -0.2) is 58.5 Å². The number of hydrogen-bond acceptors (Lipinski definition) is 7. The predicted molar refractivity (Wildman–Crippen MR) is 129 cm³/mol. The highest BCUT2D eigenvalue weighted by atomic mass is 19.1. The molecule has 2 aliphatic rings. The zero-order valence-corrected chi connectivity index (χ0v) is 19.4. The molecule has 3 aromatic heterocycles. The van der Waals surface area contributed by atoms with Crippen LogP contribution in [0.1, 0.15) is 46.8 Å². The van der Waals surface area contributed by atoms with Gasteiger partial charge in [-0.1, -0.05) is 0 Å². The van der Waals surface area contributed by atoms with Crippen molar-refractivity contribution in [3.63, 3.8) is 0 Å². The average molecular weight is 476 g/mol. The van der Waals surface area contributed by atoms with Crippen LogP contribution in [0.15, 0.2) is 35.4 Å². The smallest absolute Gasteiger partial charge is 0.272 e. The van der Waals surface area contributed by atoms with Gasteiger partial charge in [0.2, 0.25) is 0 Å². The lowest BCUT2D eigenvalue weighted by molar-refractivity contribution is 0.0953. The number of anilines is 1. The molecule has 2 fully saturated rings. The van der Waals surface area contributed by atoms with Crippen molar-refractivity contribution in [1.29, 1.82) is 5.26 Å². The van der Waals surface area contributed by atoms with Gasteiger partial charge in [0.15, 0.2) is 11.5 Å². The number of carbonyl (C=O) groups excluding carboxylic acids is 1. The fourth-order valence-electron chi connectivity index (χ4n) is 4.74. The number of pyridine rings is 3. The number of piperazine rings is 1. The second kappa shape index (κ2) is 9.43. The van der Waals surface area contributed by atoms with Crippen molar-refractivity contribution >= 4 is 22.6 Å². The van der Waals surface area contributed by atoms with Crippen LogP contribution in [0.3, 0.4) is 0 Å². The maximum atomic E-state index is 14.5. The van der Waals surface area contributed by atoms with Crippen LogP contribution < -0.4 is 15.8 Å². The molecule has 9 nitrogen and oxygen atoms in total. The molecule has 4 heterocycles. The molecule has 0 radical (unpaired) electrons. The van der Waals surface area contributed by atoms with Crippen molar-refractivity contribution in [2.75, 3.05) is 31.6 Å². The lowest BCUT2D eigenvalue weighted by atomic mass is 10.1. The summed E-state index contributed by atoms with van der Waals surface area (Å²) >= 11 is 0. The highest BCUT2D eigenvalue weighted by Gasteiger charge is 2.29. The van der Waals surface area contributed by atoms with Gasteiger partial charge in [0, 0.05) is 51.1 Å². The van der Waals surface area contributed by atoms with Gasteiger partial charge in [0.25, 0.3) is 11.5 Å². The van der Waals surface area contributed by atoms with Crippen LogP contribution in [0.25, 0.3) is 11.0 Å². The Hall–Kier alpha value is -3.84. The van der Waals surface area contributed by atoms with E-state index >= 15 is 0 Å². The second-order valence-electron chi connectivity index (χ2n) is 9.15. The Labute approximate surface area is 201 Å². The Morgan fingerprint density at radius 2 is 2.09 bits per heavy atom. The minimum absolute atomic E-state index is 0.0371. The second-order valence-corrected chi connectivity index (χ2v) is 9.15. The number of fused-ring (bicyclic) bond motifs is 1. The number of nitriles is 1. The zero-order valence-electron chi connectivity index (χ0n) is 19.4. The number of carbonyl (C=O) groups is 1. The molecule has 1 aliphatic heterocycles. The molecule has 3 aromatic rings. The van der Waals surface area contributed by atoms with Crippen LogP contribution >= 0.6 is 0 Å². The summed E-state index contributed by atoms with van der Waals surface area (Å²) < 4.78 is 14.5. The van der Waals surface area contributed by atoms with Gasteiger partial charge < -0.3 is 15.2 Å².